The summed E-state index contributed by atoms with van der Waals surface area (Å²) in [5, 5.41) is 1.97. The van der Waals surface area contributed by atoms with Gasteiger partial charge in [0.05, 0.1) is 0 Å². The van der Waals surface area contributed by atoms with E-state index in [1.807, 2.05) is 43.3 Å². The Balaban J connectivity index is 0.000000176. The summed E-state index contributed by atoms with van der Waals surface area (Å²) >= 11 is 0. The van der Waals surface area contributed by atoms with Gasteiger partial charge in [-0.15, -0.1) is 0 Å². The number of hydrogen-bond donors (Lipinski definition) is 0. The third-order valence-electron chi connectivity index (χ3n) is 4.88. The first-order valence-corrected chi connectivity index (χ1v) is 9.72. The van der Waals surface area contributed by atoms with Crippen molar-refractivity contribution < 1.29 is 8.83 Å². The molecule has 0 fully saturated rings. The van der Waals surface area contributed by atoms with Crippen LogP contribution in [0.25, 0.3) is 21.9 Å². The average Bonchev–Trinajstić information content (AvgIpc) is 2.70. The summed E-state index contributed by atoms with van der Waals surface area (Å²) in [5.74, 6) is 0. The van der Waals surface area contributed by atoms with Gasteiger partial charge >= 0.3 is 11.3 Å². The van der Waals surface area contributed by atoms with E-state index in [0.717, 1.165) is 35.1 Å². The molecule has 5 nitrogen and oxygen atoms in total. The maximum Gasteiger partial charge on any atom is 0.339 e. The average molecular weight is 391 g/mol. The zero-order chi connectivity index (χ0) is 21.0. The quantitative estimate of drug-likeness (QED) is 0.457. The highest BCUT2D eigenvalue weighted by molar-refractivity contribution is 5.83. The fraction of sp³-hybridized carbons (Fsp3) is 0.250. The Kier molecular flexibility index (Phi) is 6.17. The molecule has 0 saturated heterocycles. The number of anilines is 1. The lowest BCUT2D eigenvalue weighted by Crippen LogP contribution is -2.21. The number of para-hydroxylation sites is 1. The van der Waals surface area contributed by atoms with Gasteiger partial charge in [0, 0.05) is 47.2 Å². The second kappa shape index (κ2) is 8.78. The van der Waals surface area contributed by atoms with E-state index in [1.54, 1.807) is 13.0 Å². The minimum Gasteiger partial charge on any atom is -0.423 e. The Morgan fingerprint density at radius 2 is 1.52 bits per heavy atom. The maximum atomic E-state index is 11.3. The molecule has 0 radical (unpaired) electrons. The molecule has 0 spiro atoms. The van der Waals surface area contributed by atoms with Crippen molar-refractivity contribution in [2.24, 2.45) is 0 Å². The highest BCUT2D eigenvalue weighted by Crippen LogP contribution is 2.23. The Labute approximate surface area is 169 Å². The molecule has 2 heterocycles. The zero-order valence-corrected chi connectivity index (χ0v) is 17.2. The SMILES string of the molecule is CCN(CC)c1ccc2c(C)cc(=O)oc2c1.Cc1cc2ccccc2oc1=O. The number of hydrogen-bond acceptors (Lipinski definition) is 5. The molecular weight excluding hydrogens is 366 g/mol. The first-order chi connectivity index (χ1) is 13.9. The number of nitrogens with zero attached hydrogens (tertiary/aromatic N) is 1. The number of fused-ring (bicyclic) bond motifs is 2. The lowest BCUT2D eigenvalue weighted by molar-refractivity contribution is 0.555. The fourth-order valence-corrected chi connectivity index (χ4v) is 3.26. The van der Waals surface area contributed by atoms with E-state index >= 15 is 0 Å². The molecule has 2 aromatic heterocycles. The van der Waals surface area contributed by atoms with Crippen molar-refractivity contribution in [3.8, 4) is 0 Å². The molecule has 0 aliphatic heterocycles. The molecule has 5 heteroatoms. The third kappa shape index (κ3) is 4.57. The van der Waals surface area contributed by atoms with Gasteiger partial charge in [0.25, 0.3) is 0 Å². The van der Waals surface area contributed by atoms with E-state index in [9.17, 15) is 9.59 Å². The number of benzene rings is 2. The van der Waals surface area contributed by atoms with Gasteiger partial charge in [-0.2, -0.15) is 0 Å². The smallest absolute Gasteiger partial charge is 0.339 e. The molecule has 0 atom stereocenters. The van der Waals surface area contributed by atoms with Crippen molar-refractivity contribution in [3.05, 3.63) is 86.6 Å². The second-order valence-electron chi connectivity index (χ2n) is 6.86. The highest BCUT2D eigenvalue weighted by atomic mass is 16.4. The van der Waals surface area contributed by atoms with Crippen LogP contribution in [0.15, 0.2) is 73.0 Å². The molecular formula is C24H25NO4. The predicted octanol–water partition coefficient (Wildman–Crippen LogP) is 5.05. The summed E-state index contributed by atoms with van der Waals surface area (Å²) in [5.41, 5.74) is 3.47. The molecule has 29 heavy (non-hydrogen) atoms. The van der Waals surface area contributed by atoms with E-state index in [0.29, 0.717) is 16.7 Å². The minimum atomic E-state index is -0.285. The normalized spacial score (nSPS) is 10.6. The molecule has 2 aromatic carbocycles. The first kappa shape index (κ1) is 20.4. The molecule has 0 aliphatic rings. The van der Waals surface area contributed by atoms with Crippen LogP contribution >= 0.6 is 0 Å². The van der Waals surface area contributed by atoms with Gasteiger partial charge in [0.2, 0.25) is 0 Å². The van der Waals surface area contributed by atoms with Crippen LogP contribution in [0.4, 0.5) is 5.69 Å². The summed E-state index contributed by atoms with van der Waals surface area (Å²) in [4.78, 5) is 24.6. The molecule has 0 saturated carbocycles. The molecule has 4 rings (SSSR count). The highest BCUT2D eigenvalue weighted by Gasteiger charge is 2.06. The lowest BCUT2D eigenvalue weighted by Gasteiger charge is -2.21. The lowest BCUT2D eigenvalue weighted by atomic mass is 10.1. The van der Waals surface area contributed by atoms with Gasteiger partial charge in [-0.3, -0.25) is 0 Å². The minimum absolute atomic E-state index is 0.256. The predicted molar refractivity (Wildman–Crippen MR) is 118 cm³/mol. The van der Waals surface area contributed by atoms with Crippen LogP contribution in [0.5, 0.6) is 0 Å². The topological polar surface area (TPSA) is 63.7 Å². The van der Waals surface area contributed by atoms with E-state index in [4.69, 9.17) is 8.83 Å². The van der Waals surface area contributed by atoms with Crippen molar-refractivity contribution in [2.75, 3.05) is 18.0 Å². The van der Waals surface area contributed by atoms with Crippen molar-refractivity contribution in [2.45, 2.75) is 27.7 Å². The Hall–Kier alpha value is -3.34. The molecule has 0 bridgehead atoms. The van der Waals surface area contributed by atoms with E-state index in [1.165, 1.54) is 6.07 Å². The van der Waals surface area contributed by atoms with Gasteiger partial charge in [0.1, 0.15) is 11.2 Å². The molecule has 0 unspecified atom stereocenters. The molecule has 0 amide bonds. The van der Waals surface area contributed by atoms with E-state index < -0.39 is 0 Å². The summed E-state index contributed by atoms with van der Waals surface area (Å²) in [6, 6.07) is 16.9. The van der Waals surface area contributed by atoms with Crippen molar-refractivity contribution >= 4 is 27.6 Å². The fourth-order valence-electron chi connectivity index (χ4n) is 3.26. The third-order valence-corrected chi connectivity index (χ3v) is 4.88. The molecule has 150 valence electrons. The zero-order valence-electron chi connectivity index (χ0n) is 17.2. The Morgan fingerprint density at radius 1 is 0.793 bits per heavy atom. The maximum absolute atomic E-state index is 11.3. The van der Waals surface area contributed by atoms with Gasteiger partial charge < -0.3 is 13.7 Å². The second-order valence-corrected chi connectivity index (χ2v) is 6.86. The van der Waals surface area contributed by atoms with Gasteiger partial charge in [0.15, 0.2) is 0 Å². The number of rotatable bonds is 3. The standard InChI is InChI=1S/C14H17NO2.C10H8O2/c1-4-15(5-2)11-6-7-12-10(3)8-14(16)17-13(12)9-11;1-7-6-8-4-2-3-5-9(8)12-10(7)11/h6-9H,4-5H2,1-3H3;2-6H,1H3. The van der Waals surface area contributed by atoms with Crippen LogP contribution in [0.2, 0.25) is 0 Å². The van der Waals surface area contributed by atoms with E-state index in [2.05, 4.69) is 24.8 Å². The van der Waals surface area contributed by atoms with Crippen LogP contribution in [-0.4, -0.2) is 13.1 Å². The molecule has 0 aliphatic carbocycles. The summed E-state index contributed by atoms with van der Waals surface area (Å²) in [6.07, 6.45) is 0. The van der Waals surface area contributed by atoms with E-state index in [-0.39, 0.29) is 11.3 Å². The van der Waals surface area contributed by atoms with Crippen molar-refractivity contribution in [3.63, 3.8) is 0 Å². The molecule has 4 aromatic rings. The van der Waals surface area contributed by atoms with Crippen molar-refractivity contribution in [1.82, 2.24) is 0 Å². The van der Waals surface area contributed by atoms with Crippen molar-refractivity contribution in [1.29, 1.82) is 0 Å². The van der Waals surface area contributed by atoms with Gasteiger partial charge in [-0.25, -0.2) is 9.59 Å². The van der Waals surface area contributed by atoms with Crippen LogP contribution in [0.3, 0.4) is 0 Å². The Morgan fingerprint density at radius 3 is 2.24 bits per heavy atom. The molecule has 0 N–H and O–H groups in total. The summed E-state index contributed by atoms with van der Waals surface area (Å²) in [6.45, 7) is 9.78. The number of aryl methyl sites for hydroxylation is 2. The summed E-state index contributed by atoms with van der Waals surface area (Å²) < 4.78 is 10.3. The Bertz CT molecular complexity index is 1250. The van der Waals surface area contributed by atoms with Crippen LogP contribution in [0.1, 0.15) is 25.0 Å². The first-order valence-electron chi connectivity index (χ1n) is 9.72. The van der Waals surface area contributed by atoms with Gasteiger partial charge in [-0.05, 0) is 57.5 Å². The van der Waals surface area contributed by atoms with Crippen LogP contribution in [0, 0.1) is 13.8 Å². The monoisotopic (exact) mass is 391 g/mol. The largest absolute Gasteiger partial charge is 0.423 e. The van der Waals surface area contributed by atoms with Crippen LogP contribution in [-0.2, 0) is 0 Å². The van der Waals surface area contributed by atoms with Crippen LogP contribution < -0.4 is 16.2 Å². The van der Waals surface area contributed by atoms with Gasteiger partial charge in [-0.1, -0.05) is 18.2 Å². The summed E-state index contributed by atoms with van der Waals surface area (Å²) in [7, 11) is 0.